The summed E-state index contributed by atoms with van der Waals surface area (Å²) in [5.74, 6) is -1.22. The van der Waals surface area contributed by atoms with Gasteiger partial charge < -0.3 is 20.9 Å². The number of nitrogens with one attached hydrogen (secondary N) is 4. The van der Waals surface area contributed by atoms with E-state index >= 15 is 0 Å². The smallest absolute Gasteiger partial charge is 0.254 e. The van der Waals surface area contributed by atoms with Gasteiger partial charge in [0.05, 0.1) is 11.3 Å². The van der Waals surface area contributed by atoms with Crippen LogP contribution in [0.5, 0.6) is 0 Å². The van der Waals surface area contributed by atoms with Crippen molar-refractivity contribution >= 4 is 34.3 Å². The molecule has 30 heavy (non-hydrogen) atoms. The molecule has 4 N–H and O–H groups in total. The number of H-pyrrole nitrogens is 1. The maximum absolute atomic E-state index is 13.5. The number of hydrogen-bond donors (Lipinski definition) is 4. The highest BCUT2D eigenvalue weighted by Gasteiger charge is 2.27. The summed E-state index contributed by atoms with van der Waals surface area (Å²) in [5, 5.41) is 9.00. The van der Waals surface area contributed by atoms with E-state index in [0.717, 1.165) is 16.5 Å². The molecule has 2 heterocycles. The third-order valence-corrected chi connectivity index (χ3v) is 5.16. The Morgan fingerprint density at radius 1 is 1.13 bits per heavy atom. The van der Waals surface area contributed by atoms with Gasteiger partial charge in [-0.3, -0.25) is 14.4 Å². The van der Waals surface area contributed by atoms with Crippen LogP contribution in [0.1, 0.15) is 28.8 Å². The first-order valence-corrected chi connectivity index (χ1v) is 9.74. The number of fused-ring (bicyclic) bond motifs is 2. The second-order valence-corrected chi connectivity index (χ2v) is 7.20. The van der Waals surface area contributed by atoms with Gasteiger partial charge in [-0.05, 0) is 48.7 Å². The quantitative estimate of drug-likeness (QED) is 0.504. The number of anilines is 1. The summed E-state index contributed by atoms with van der Waals surface area (Å²) < 4.78 is 13.5. The second kappa shape index (κ2) is 8.36. The van der Waals surface area contributed by atoms with Crippen molar-refractivity contribution in [1.82, 2.24) is 15.6 Å². The van der Waals surface area contributed by atoms with E-state index in [0.29, 0.717) is 24.2 Å². The molecule has 7 nitrogen and oxygen atoms in total. The first kappa shape index (κ1) is 19.6. The summed E-state index contributed by atoms with van der Waals surface area (Å²) >= 11 is 0. The van der Waals surface area contributed by atoms with E-state index in [4.69, 9.17) is 0 Å². The van der Waals surface area contributed by atoms with Crippen molar-refractivity contribution < 1.29 is 18.8 Å². The molecule has 1 aliphatic rings. The lowest BCUT2D eigenvalue weighted by atomic mass is 10.1. The summed E-state index contributed by atoms with van der Waals surface area (Å²) in [6.45, 7) is 0.386. The van der Waals surface area contributed by atoms with Gasteiger partial charge in [0, 0.05) is 30.1 Å². The zero-order valence-corrected chi connectivity index (χ0v) is 16.1. The molecule has 0 spiro atoms. The Bertz CT molecular complexity index is 1120. The van der Waals surface area contributed by atoms with Gasteiger partial charge in [-0.1, -0.05) is 12.1 Å². The van der Waals surface area contributed by atoms with Crippen LogP contribution in [0.3, 0.4) is 0 Å². The molecule has 1 aromatic heterocycles. The highest BCUT2D eigenvalue weighted by Crippen LogP contribution is 2.20. The summed E-state index contributed by atoms with van der Waals surface area (Å²) in [6, 6.07) is 10.5. The number of aromatic amines is 1. The summed E-state index contributed by atoms with van der Waals surface area (Å²) in [7, 11) is 0. The lowest BCUT2D eigenvalue weighted by Gasteiger charge is -2.14. The van der Waals surface area contributed by atoms with E-state index in [1.54, 1.807) is 36.5 Å². The summed E-state index contributed by atoms with van der Waals surface area (Å²) in [6.07, 6.45) is 2.64. The molecule has 0 fully saturated rings. The van der Waals surface area contributed by atoms with E-state index in [-0.39, 0.29) is 36.4 Å². The average Bonchev–Trinajstić information content (AvgIpc) is 3.07. The maximum atomic E-state index is 13.5. The molecule has 4 rings (SSSR count). The first-order chi connectivity index (χ1) is 14.5. The zero-order valence-electron chi connectivity index (χ0n) is 16.1. The van der Waals surface area contributed by atoms with Crippen LogP contribution in [-0.4, -0.2) is 35.3 Å². The molecule has 3 aromatic rings. The van der Waals surface area contributed by atoms with Crippen LogP contribution >= 0.6 is 0 Å². The predicted molar refractivity (Wildman–Crippen MR) is 111 cm³/mol. The zero-order chi connectivity index (χ0) is 21.1. The largest absolute Gasteiger partial charge is 0.361 e. The SMILES string of the molecule is O=C(CC[C@@H]1NC(=O)c2ccccc2NC1=O)NCCc1c[nH]c2ccc(F)cc12. The molecule has 0 radical (unpaired) electrons. The van der Waals surface area contributed by atoms with Gasteiger partial charge in [-0.25, -0.2) is 4.39 Å². The number of aromatic nitrogens is 1. The van der Waals surface area contributed by atoms with Gasteiger partial charge >= 0.3 is 0 Å². The predicted octanol–water partition coefficient (Wildman–Crippen LogP) is 2.50. The Kier molecular flexibility index (Phi) is 5.47. The fourth-order valence-electron chi connectivity index (χ4n) is 3.57. The van der Waals surface area contributed by atoms with Crippen molar-refractivity contribution in [3.05, 3.63) is 65.6 Å². The fraction of sp³-hybridized carbons (Fsp3) is 0.227. The van der Waals surface area contributed by atoms with Gasteiger partial charge in [-0.2, -0.15) is 0 Å². The highest BCUT2D eigenvalue weighted by atomic mass is 19.1. The molecule has 1 atom stereocenters. The van der Waals surface area contributed by atoms with E-state index in [1.807, 2.05) is 0 Å². The van der Waals surface area contributed by atoms with E-state index in [2.05, 4.69) is 20.9 Å². The molecule has 0 aliphatic carbocycles. The number of halogens is 1. The molecule has 0 saturated heterocycles. The number of benzene rings is 2. The van der Waals surface area contributed by atoms with Crippen molar-refractivity contribution in [2.75, 3.05) is 11.9 Å². The van der Waals surface area contributed by atoms with Crippen LogP contribution in [0.4, 0.5) is 10.1 Å². The van der Waals surface area contributed by atoms with Gasteiger partial charge in [0.1, 0.15) is 11.9 Å². The maximum Gasteiger partial charge on any atom is 0.254 e. The third kappa shape index (κ3) is 4.17. The topological polar surface area (TPSA) is 103 Å². The number of hydrogen-bond acceptors (Lipinski definition) is 3. The van der Waals surface area contributed by atoms with Crippen LogP contribution in [0.2, 0.25) is 0 Å². The van der Waals surface area contributed by atoms with Crippen LogP contribution < -0.4 is 16.0 Å². The van der Waals surface area contributed by atoms with Gasteiger partial charge in [-0.15, -0.1) is 0 Å². The Morgan fingerprint density at radius 3 is 2.83 bits per heavy atom. The minimum Gasteiger partial charge on any atom is -0.361 e. The molecule has 1 aliphatic heterocycles. The van der Waals surface area contributed by atoms with Gasteiger partial charge in [0.25, 0.3) is 5.91 Å². The molecular weight excluding hydrogens is 387 g/mol. The number of rotatable bonds is 6. The van der Waals surface area contributed by atoms with Crippen molar-refractivity contribution in [2.45, 2.75) is 25.3 Å². The number of para-hydroxylation sites is 1. The lowest BCUT2D eigenvalue weighted by Crippen LogP contribution is -2.42. The lowest BCUT2D eigenvalue weighted by molar-refractivity contribution is -0.121. The molecule has 154 valence electrons. The minimum atomic E-state index is -0.785. The van der Waals surface area contributed by atoms with Crippen LogP contribution in [0, 0.1) is 5.82 Å². The van der Waals surface area contributed by atoms with E-state index in [9.17, 15) is 18.8 Å². The number of carbonyl (C=O) groups is 3. The molecular formula is C22H21FN4O3. The van der Waals surface area contributed by atoms with Crippen LogP contribution in [-0.2, 0) is 16.0 Å². The normalized spacial score (nSPS) is 15.8. The van der Waals surface area contributed by atoms with Crippen molar-refractivity contribution in [3.8, 4) is 0 Å². The first-order valence-electron chi connectivity index (χ1n) is 9.74. The molecule has 3 amide bonds. The Hall–Kier alpha value is -3.68. The molecule has 0 bridgehead atoms. The number of amides is 3. The highest BCUT2D eigenvalue weighted by molar-refractivity contribution is 6.09. The Balaban J connectivity index is 1.28. The van der Waals surface area contributed by atoms with Crippen molar-refractivity contribution in [3.63, 3.8) is 0 Å². The van der Waals surface area contributed by atoms with Gasteiger partial charge in [0.15, 0.2) is 0 Å². The average molecular weight is 408 g/mol. The monoisotopic (exact) mass is 408 g/mol. The Morgan fingerprint density at radius 2 is 1.97 bits per heavy atom. The molecule has 0 saturated carbocycles. The standard InChI is InChI=1S/C22H21FN4O3/c23-14-5-6-17-16(11-14)13(12-25-17)9-10-24-20(28)8-7-19-22(30)26-18-4-2-1-3-15(18)21(29)27-19/h1-6,11-12,19,25H,7-10H2,(H,24,28)(H,26,30)(H,27,29)/t19-/m0/s1. The summed E-state index contributed by atoms with van der Waals surface area (Å²) in [4.78, 5) is 40.0. The number of carbonyl (C=O) groups excluding carboxylic acids is 3. The molecule has 2 aromatic carbocycles. The van der Waals surface area contributed by atoms with Crippen molar-refractivity contribution in [2.24, 2.45) is 0 Å². The van der Waals surface area contributed by atoms with Gasteiger partial charge in [0.2, 0.25) is 11.8 Å². The third-order valence-electron chi connectivity index (χ3n) is 5.16. The van der Waals surface area contributed by atoms with Crippen LogP contribution in [0.25, 0.3) is 10.9 Å². The summed E-state index contributed by atoms with van der Waals surface area (Å²) in [5.41, 5.74) is 2.61. The van der Waals surface area contributed by atoms with Crippen molar-refractivity contribution in [1.29, 1.82) is 0 Å². The second-order valence-electron chi connectivity index (χ2n) is 7.20. The fourth-order valence-corrected chi connectivity index (χ4v) is 3.57. The molecule has 0 unspecified atom stereocenters. The Labute approximate surface area is 172 Å². The minimum absolute atomic E-state index is 0.0945. The molecule has 8 heteroatoms. The van der Waals surface area contributed by atoms with Crippen LogP contribution in [0.15, 0.2) is 48.7 Å². The van der Waals surface area contributed by atoms with E-state index in [1.165, 1.54) is 12.1 Å². The van der Waals surface area contributed by atoms with E-state index < -0.39 is 6.04 Å².